The molecule has 1 aromatic rings. The number of carbonyl (C=O) groups excluding carboxylic acids is 1. The summed E-state index contributed by atoms with van der Waals surface area (Å²) in [4.78, 5) is 15.2. The van der Waals surface area contributed by atoms with E-state index in [1.807, 2.05) is 0 Å². The average molecular weight is 232 g/mol. The first-order valence-electron chi connectivity index (χ1n) is 5.22. The molecule has 0 saturated heterocycles. The summed E-state index contributed by atoms with van der Waals surface area (Å²) in [5.74, 6) is 0.132. The summed E-state index contributed by atoms with van der Waals surface area (Å²) in [6.45, 7) is 5.22. The van der Waals surface area contributed by atoms with Crippen LogP contribution in [0.1, 0.15) is 30.0 Å². The van der Waals surface area contributed by atoms with Crippen molar-refractivity contribution < 1.29 is 9.32 Å². The third-order valence-electron chi connectivity index (χ3n) is 2.88. The first-order chi connectivity index (χ1) is 8.04. The Hall–Kier alpha value is -2.16. The summed E-state index contributed by atoms with van der Waals surface area (Å²) in [7, 11) is 0. The minimum atomic E-state index is -0.482. The van der Waals surface area contributed by atoms with E-state index in [-0.39, 0.29) is 0 Å². The van der Waals surface area contributed by atoms with Crippen LogP contribution in [0.25, 0.3) is 0 Å². The van der Waals surface area contributed by atoms with Crippen LogP contribution in [0.3, 0.4) is 0 Å². The molecule has 88 valence electrons. The van der Waals surface area contributed by atoms with Crippen LogP contribution < -0.4 is 5.32 Å². The fourth-order valence-electron chi connectivity index (χ4n) is 2.06. The first kappa shape index (κ1) is 11.3. The van der Waals surface area contributed by atoms with E-state index in [1.54, 1.807) is 20.8 Å². The van der Waals surface area contributed by atoms with Gasteiger partial charge in [-0.1, -0.05) is 5.16 Å². The number of aromatic nitrogens is 1. The Bertz CT molecular complexity index is 519. The Balaban J connectivity index is 2.49. The van der Waals surface area contributed by atoms with Gasteiger partial charge in [0.1, 0.15) is 11.7 Å². The second-order valence-electron chi connectivity index (χ2n) is 4.02. The maximum absolute atomic E-state index is 11.4. The molecule has 0 saturated carbocycles. The Morgan fingerprint density at radius 1 is 1.41 bits per heavy atom. The molecule has 0 fully saturated rings. The summed E-state index contributed by atoms with van der Waals surface area (Å²) in [5, 5.41) is 15.7. The molecule has 2 amide bonds. The summed E-state index contributed by atoms with van der Waals surface area (Å²) in [5.41, 5.74) is 1.96. The number of nitrogens with one attached hydrogen (secondary N) is 1. The Labute approximate surface area is 98.3 Å². The van der Waals surface area contributed by atoms with Crippen LogP contribution in [0.5, 0.6) is 0 Å². The lowest BCUT2D eigenvalue weighted by atomic mass is 9.88. The molecule has 2 heterocycles. The van der Waals surface area contributed by atoms with E-state index >= 15 is 0 Å². The van der Waals surface area contributed by atoms with E-state index in [4.69, 9.17) is 9.78 Å². The van der Waals surface area contributed by atoms with Gasteiger partial charge >= 0.3 is 6.03 Å². The minimum absolute atomic E-state index is 0.431. The number of aryl methyl sites for hydroxylation is 2. The van der Waals surface area contributed by atoms with Crippen molar-refractivity contribution in [2.24, 2.45) is 10.9 Å². The van der Waals surface area contributed by atoms with Crippen LogP contribution in [0, 0.1) is 31.1 Å². The zero-order valence-electron chi connectivity index (χ0n) is 9.81. The molecule has 6 nitrogen and oxygen atoms in total. The van der Waals surface area contributed by atoms with Crippen molar-refractivity contribution in [3.05, 3.63) is 17.0 Å². The molecule has 17 heavy (non-hydrogen) atoms. The molecule has 0 radical (unpaired) electrons. The van der Waals surface area contributed by atoms with Gasteiger partial charge in [0.2, 0.25) is 0 Å². The number of hydrogen-bond donors (Lipinski definition) is 1. The second-order valence-corrected chi connectivity index (χ2v) is 4.02. The predicted molar refractivity (Wildman–Crippen MR) is 59.5 cm³/mol. The molecular weight excluding hydrogens is 220 g/mol. The van der Waals surface area contributed by atoms with Gasteiger partial charge in [-0.2, -0.15) is 5.26 Å². The average Bonchev–Trinajstić information content (AvgIpc) is 2.57. The van der Waals surface area contributed by atoms with Crippen molar-refractivity contribution in [1.82, 2.24) is 10.5 Å². The zero-order valence-corrected chi connectivity index (χ0v) is 9.81. The molecule has 1 aliphatic heterocycles. The second kappa shape index (κ2) is 4.01. The minimum Gasteiger partial charge on any atom is -0.361 e. The van der Waals surface area contributed by atoms with Gasteiger partial charge in [-0.3, -0.25) is 0 Å². The number of aliphatic imine (C=N–C) groups is 1. The van der Waals surface area contributed by atoms with Crippen LogP contribution in [0.4, 0.5) is 4.79 Å². The third-order valence-corrected chi connectivity index (χ3v) is 2.88. The predicted octanol–water partition coefficient (Wildman–Crippen LogP) is 1.66. The van der Waals surface area contributed by atoms with Gasteiger partial charge < -0.3 is 9.84 Å². The lowest BCUT2D eigenvalue weighted by molar-refractivity contribution is 0.242. The molecule has 6 heteroatoms. The highest BCUT2D eigenvalue weighted by atomic mass is 16.5. The van der Waals surface area contributed by atoms with Crippen molar-refractivity contribution in [3.8, 4) is 6.07 Å². The van der Waals surface area contributed by atoms with Crippen LogP contribution in [0.15, 0.2) is 9.52 Å². The lowest BCUT2D eigenvalue weighted by Crippen LogP contribution is -2.39. The van der Waals surface area contributed by atoms with Crippen LogP contribution in [-0.2, 0) is 0 Å². The Kier molecular flexibility index (Phi) is 2.68. The summed E-state index contributed by atoms with van der Waals surface area (Å²) in [6, 6.07) is 1.29. The molecule has 0 aliphatic carbocycles. The fourth-order valence-corrected chi connectivity index (χ4v) is 2.06. The summed E-state index contributed by atoms with van der Waals surface area (Å²) in [6.07, 6.45) is 0. The van der Waals surface area contributed by atoms with Crippen LogP contribution in [0.2, 0.25) is 0 Å². The molecule has 2 unspecified atom stereocenters. The van der Waals surface area contributed by atoms with E-state index in [0.29, 0.717) is 17.2 Å². The Morgan fingerprint density at radius 2 is 2.12 bits per heavy atom. The van der Waals surface area contributed by atoms with Crippen LogP contribution >= 0.6 is 0 Å². The number of urea groups is 1. The van der Waals surface area contributed by atoms with Gasteiger partial charge in [0.25, 0.3) is 0 Å². The van der Waals surface area contributed by atoms with E-state index in [0.717, 1.165) is 5.56 Å². The molecule has 2 rings (SSSR count). The fraction of sp³-hybridized carbons (Fsp3) is 0.455. The highest BCUT2D eigenvalue weighted by molar-refractivity contribution is 5.99. The maximum atomic E-state index is 11.4. The largest absolute Gasteiger partial charge is 0.361 e. The summed E-state index contributed by atoms with van der Waals surface area (Å²) >= 11 is 0. The maximum Gasteiger partial charge on any atom is 0.341 e. The smallest absolute Gasteiger partial charge is 0.341 e. The topological polar surface area (TPSA) is 91.3 Å². The van der Waals surface area contributed by atoms with Crippen molar-refractivity contribution in [2.75, 3.05) is 0 Å². The lowest BCUT2D eigenvalue weighted by Gasteiger charge is -2.26. The molecule has 1 aliphatic rings. The summed E-state index contributed by atoms with van der Waals surface area (Å²) < 4.78 is 5.06. The first-order valence-corrected chi connectivity index (χ1v) is 5.22. The third kappa shape index (κ3) is 1.80. The number of hydrogen-bond acceptors (Lipinski definition) is 4. The molecule has 1 N–H and O–H groups in total. The molecule has 1 aromatic heterocycles. The van der Waals surface area contributed by atoms with E-state index in [1.165, 1.54) is 0 Å². The SMILES string of the molecule is CC1=NC(=O)NC(c2c(C)noc2C)C1C#N. The molecule has 0 bridgehead atoms. The Morgan fingerprint density at radius 3 is 2.65 bits per heavy atom. The van der Waals surface area contributed by atoms with Crippen molar-refractivity contribution in [3.63, 3.8) is 0 Å². The number of rotatable bonds is 1. The van der Waals surface area contributed by atoms with E-state index < -0.39 is 18.0 Å². The molecule has 2 atom stereocenters. The van der Waals surface area contributed by atoms with Gasteiger partial charge in [-0.25, -0.2) is 9.79 Å². The van der Waals surface area contributed by atoms with E-state index in [2.05, 4.69) is 21.5 Å². The molecular formula is C11H12N4O2. The monoisotopic (exact) mass is 232 g/mol. The number of carbonyl (C=O) groups is 1. The standard InChI is InChI=1S/C11H12N4O2/c1-5-8(4-12)10(14-11(16)13-5)9-6(2)15-17-7(9)3/h8,10H,1-3H3,(H,14,16). The number of nitriles is 1. The molecule has 0 aromatic carbocycles. The van der Waals surface area contributed by atoms with Gasteiger partial charge in [0.05, 0.1) is 17.8 Å². The van der Waals surface area contributed by atoms with Gasteiger partial charge in [0, 0.05) is 11.3 Å². The van der Waals surface area contributed by atoms with Crippen molar-refractivity contribution in [2.45, 2.75) is 26.8 Å². The number of nitrogens with zero attached hydrogens (tertiary/aromatic N) is 3. The van der Waals surface area contributed by atoms with Gasteiger partial charge in [0.15, 0.2) is 0 Å². The normalized spacial score (nSPS) is 23.9. The zero-order chi connectivity index (χ0) is 12.6. The van der Waals surface area contributed by atoms with Crippen molar-refractivity contribution in [1.29, 1.82) is 5.26 Å². The van der Waals surface area contributed by atoms with Gasteiger partial charge in [-0.05, 0) is 20.8 Å². The number of amides is 2. The van der Waals surface area contributed by atoms with Gasteiger partial charge in [-0.15, -0.1) is 0 Å². The molecule has 0 spiro atoms. The van der Waals surface area contributed by atoms with E-state index in [9.17, 15) is 4.79 Å². The van der Waals surface area contributed by atoms with Crippen LogP contribution in [-0.4, -0.2) is 16.9 Å². The quantitative estimate of drug-likeness (QED) is 0.796. The van der Waals surface area contributed by atoms with Crippen molar-refractivity contribution >= 4 is 11.7 Å². The highest BCUT2D eigenvalue weighted by Gasteiger charge is 2.35. The highest BCUT2D eigenvalue weighted by Crippen LogP contribution is 2.30.